The molecule has 8 heteroatoms. The number of benzene rings is 1. The third kappa shape index (κ3) is 3.84. The lowest BCUT2D eigenvalue weighted by Crippen LogP contribution is -2.31. The first-order valence-corrected chi connectivity index (χ1v) is 6.75. The standard InChI is InChI=1S/C14H13ClN2O5/c15-11-7-10(17(20)21)4-3-9(11)6-14(19)16-12(8-18)13-2-1-5-22-13/h1-5,7,12,18H,6,8H2,(H,16,19). The molecule has 1 heterocycles. The van der Waals surface area contributed by atoms with E-state index in [4.69, 9.17) is 16.0 Å². The summed E-state index contributed by atoms with van der Waals surface area (Å²) in [5.74, 6) is 0.0526. The maximum Gasteiger partial charge on any atom is 0.270 e. The van der Waals surface area contributed by atoms with Crippen molar-refractivity contribution < 1.29 is 19.2 Å². The fourth-order valence-electron chi connectivity index (χ4n) is 1.91. The highest BCUT2D eigenvalue weighted by molar-refractivity contribution is 6.31. The summed E-state index contributed by atoms with van der Waals surface area (Å²) in [5, 5.41) is 22.7. The summed E-state index contributed by atoms with van der Waals surface area (Å²) >= 11 is 5.94. The molecule has 2 N–H and O–H groups in total. The molecule has 2 rings (SSSR count). The molecule has 0 saturated heterocycles. The first-order valence-electron chi connectivity index (χ1n) is 6.37. The highest BCUT2D eigenvalue weighted by Gasteiger charge is 2.18. The van der Waals surface area contributed by atoms with E-state index in [-0.39, 0.29) is 29.6 Å². The van der Waals surface area contributed by atoms with Crippen molar-refractivity contribution in [2.45, 2.75) is 12.5 Å². The molecule has 1 atom stereocenters. The van der Waals surface area contributed by atoms with Gasteiger partial charge in [0.1, 0.15) is 11.8 Å². The second kappa shape index (κ2) is 7.06. The second-order valence-corrected chi connectivity index (χ2v) is 4.93. The van der Waals surface area contributed by atoms with Crippen molar-refractivity contribution in [3.8, 4) is 0 Å². The average molecular weight is 325 g/mol. The molecule has 116 valence electrons. The van der Waals surface area contributed by atoms with Crippen LogP contribution in [0, 0.1) is 10.1 Å². The molecule has 0 aliphatic carbocycles. The number of aliphatic hydroxyl groups is 1. The maximum atomic E-state index is 12.0. The lowest BCUT2D eigenvalue weighted by molar-refractivity contribution is -0.384. The summed E-state index contributed by atoms with van der Waals surface area (Å²) < 4.78 is 5.13. The van der Waals surface area contributed by atoms with Gasteiger partial charge in [-0.25, -0.2) is 0 Å². The minimum atomic E-state index is -0.653. The number of halogens is 1. The molecular formula is C14H13ClN2O5. The van der Waals surface area contributed by atoms with Gasteiger partial charge in [-0.15, -0.1) is 0 Å². The number of aliphatic hydroxyl groups excluding tert-OH is 1. The lowest BCUT2D eigenvalue weighted by Gasteiger charge is -2.14. The van der Waals surface area contributed by atoms with Gasteiger partial charge in [-0.1, -0.05) is 17.7 Å². The molecule has 1 aromatic carbocycles. The number of amides is 1. The smallest absolute Gasteiger partial charge is 0.270 e. The Hall–Kier alpha value is -2.38. The van der Waals surface area contributed by atoms with Gasteiger partial charge in [-0.05, 0) is 17.7 Å². The number of furan rings is 1. The quantitative estimate of drug-likeness (QED) is 0.626. The van der Waals surface area contributed by atoms with Gasteiger partial charge in [-0.3, -0.25) is 14.9 Å². The van der Waals surface area contributed by atoms with Gasteiger partial charge in [0.05, 0.1) is 29.2 Å². The molecule has 0 fully saturated rings. The normalized spacial score (nSPS) is 11.9. The SMILES string of the molecule is O=C(Cc1ccc([N+](=O)[O-])cc1Cl)NC(CO)c1ccco1. The predicted octanol–water partition coefficient (Wildman–Crippen LogP) is 2.23. The Labute approximate surface area is 130 Å². The molecule has 0 saturated carbocycles. The maximum absolute atomic E-state index is 12.0. The summed E-state index contributed by atoms with van der Waals surface area (Å²) in [4.78, 5) is 22.1. The van der Waals surface area contributed by atoms with E-state index in [1.54, 1.807) is 12.1 Å². The van der Waals surface area contributed by atoms with Crippen molar-refractivity contribution in [1.82, 2.24) is 5.32 Å². The molecule has 22 heavy (non-hydrogen) atoms. The van der Waals surface area contributed by atoms with Crippen molar-refractivity contribution in [2.75, 3.05) is 6.61 Å². The van der Waals surface area contributed by atoms with Crippen LogP contribution in [0.15, 0.2) is 41.0 Å². The molecule has 7 nitrogen and oxygen atoms in total. The van der Waals surface area contributed by atoms with Crippen molar-refractivity contribution in [2.24, 2.45) is 0 Å². The van der Waals surface area contributed by atoms with Crippen molar-refractivity contribution in [1.29, 1.82) is 0 Å². The topological polar surface area (TPSA) is 106 Å². The molecular weight excluding hydrogens is 312 g/mol. The molecule has 0 radical (unpaired) electrons. The van der Waals surface area contributed by atoms with Gasteiger partial charge >= 0.3 is 0 Å². The minimum Gasteiger partial charge on any atom is -0.467 e. The van der Waals surface area contributed by atoms with E-state index in [0.29, 0.717) is 11.3 Å². The molecule has 0 bridgehead atoms. The van der Waals surface area contributed by atoms with Crippen LogP contribution in [0.1, 0.15) is 17.4 Å². The molecule has 1 amide bonds. The van der Waals surface area contributed by atoms with E-state index in [0.717, 1.165) is 0 Å². The number of nitrogens with one attached hydrogen (secondary N) is 1. The van der Waals surface area contributed by atoms with Crippen molar-refractivity contribution in [3.63, 3.8) is 0 Å². The number of carbonyl (C=O) groups is 1. The van der Waals surface area contributed by atoms with Gasteiger partial charge < -0.3 is 14.8 Å². The molecule has 1 aromatic heterocycles. The highest BCUT2D eigenvalue weighted by atomic mass is 35.5. The number of nitro groups is 1. The molecule has 1 unspecified atom stereocenters. The second-order valence-electron chi connectivity index (χ2n) is 4.53. The van der Waals surface area contributed by atoms with E-state index < -0.39 is 11.0 Å². The number of carbonyl (C=O) groups excluding carboxylic acids is 1. The monoisotopic (exact) mass is 324 g/mol. The van der Waals surface area contributed by atoms with Gasteiger partial charge in [0.2, 0.25) is 5.91 Å². The van der Waals surface area contributed by atoms with Crippen LogP contribution < -0.4 is 5.32 Å². The van der Waals surface area contributed by atoms with E-state index >= 15 is 0 Å². The highest BCUT2D eigenvalue weighted by Crippen LogP contribution is 2.23. The Morgan fingerprint density at radius 1 is 1.45 bits per heavy atom. The predicted molar refractivity (Wildman–Crippen MR) is 78.5 cm³/mol. The number of hydrogen-bond donors (Lipinski definition) is 2. The Balaban J connectivity index is 2.04. The fourth-order valence-corrected chi connectivity index (χ4v) is 2.15. The van der Waals surface area contributed by atoms with Crippen LogP contribution in [-0.4, -0.2) is 22.5 Å². The first-order chi connectivity index (χ1) is 10.5. The first kappa shape index (κ1) is 16.0. The number of nitro benzene ring substituents is 1. The molecule has 0 aliphatic rings. The third-order valence-corrected chi connectivity index (χ3v) is 3.35. The van der Waals surface area contributed by atoms with Crippen LogP contribution in [0.3, 0.4) is 0 Å². The summed E-state index contributed by atoms with van der Waals surface area (Å²) in [6, 6.07) is 6.54. The number of hydrogen-bond acceptors (Lipinski definition) is 5. The van der Waals surface area contributed by atoms with Crippen LogP contribution in [0.25, 0.3) is 0 Å². The minimum absolute atomic E-state index is 0.0615. The van der Waals surface area contributed by atoms with E-state index in [1.807, 2.05) is 0 Å². The zero-order valence-electron chi connectivity index (χ0n) is 11.4. The zero-order chi connectivity index (χ0) is 16.1. The van der Waals surface area contributed by atoms with Crippen molar-refractivity contribution in [3.05, 3.63) is 63.1 Å². The largest absolute Gasteiger partial charge is 0.467 e. The summed E-state index contributed by atoms with van der Waals surface area (Å²) in [6.45, 7) is -0.312. The van der Waals surface area contributed by atoms with E-state index in [9.17, 15) is 20.0 Å². The fraction of sp³-hybridized carbons (Fsp3) is 0.214. The van der Waals surface area contributed by atoms with Crippen LogP contribution in [0.5, 0.6) is 0 Å². The number of non-ortho nitro benzene ring substituents is 1. The van der Waals surface area contributed by atoms with Gasteiger partial charge in [0, 0.05) is 12.1 Å². The van der Waals surface area contributed by atoms with Crippen LogP contribution in [0.4, 0.5) is 5.69 Å². The molecule has 2 aromatic rings. The lowest BCUT2D eigenvalue weighted by atomic mass is 10.1. The van der Waals surface area contributed by atoms with Crippen molar-refractivity contribution >= 4 is 23.2 Å². The van der Waals surface area contributed by atoms with Crippen LogP contribution >= 0.6 is 11.6 Å². The Morgan fingerprint density at radius 2 is 2.23 bits per heavy atom. The Kier molecular flexibility index (Phi) is 5.13. The Morgan fingerprint density at radius 3 is 2.77 bits per heavy atom. The summed E-state index contributed by atoms with van der Waals surface area (Å²) in [6.07, 6.45) is 1.38. The average Bonchev–Trinajstić information content (AvgIpc) is 3.00. The van der Waals surface area contributed by atoms with E-state index in [1.165, 1.54) is 24.5 Å². The Bertz CT molecular complexity index is 672. The van der Waals surface area contributed by atoms with Gasteiger partial charge in [0.15, 0.2) is 0 Å². The number of rotatable bonds is 6. The molecule has 0 aliphatic heterocycles. The molecule has 0 spiro atoms. The van der Waals surface area contributed by atoms with E-state index in [2.05, 4.69) is 5.32 Å². The van der Waals surface area contributed by atoms with Crippen LogP contribution in [0.2, 0.25) is 5.02 Å². The third-order valence-electron chi connectivity index (χ3n) is 3.00. The van der Waals surface area contributed by atoms with Gasteiger partial charge in [0.25, 0.3) is 5.69 Å². The zero-order valence-corrected chi connectivity index (χ0v) is 12.1. The summed E-state index contributed by atoms with van der Waals surface area (Å²) in [7, 11) is 0. The van der Waals surface area contributed by atoms with Gasteiger partial charge in [-0.2, -0.15) is 0 Å². The summed E-state index contributed by atoms with van der Waals surface area (Å²) in [5.41, 5.74) is 0.318. The van der Waals surface area contributed by atoms with Crippen LogP contribution in [-0.2, 0) is 11.2 Å². The number of nitrogens with zero attached hydrogens (tertiary/aromatic N) is 1.